The van der Waals surface area contributed by atoms with Crippen LogP contribution in [0, 0.1) is 6.92 Å². The lowest BCUT2D eigenvalue weighted by atomic mass is 10.2. The van der Waals surface area contributed by atoms with Gasteiger partial charge < -0.3 is 5.73 Å². The topological polar surface area (TPSA) is 51.8 Å². The molecule has 0 saturated heterocycles. The molecular weight excluding hydrogens is 214 g/mol. The summed E-state index contributed by atoms with van der Waals surface area (Å²) in [7, 11) is 0. The van der Waals surface area contributed by atoms with Gasteiger partial charge in [-0.3, -0.25) is 0 Å². The van der Waals surface area contributed by atoms with Gasteiger partial charge in [0.15, 0.2) is 0 Å². The van der Waals surface area contributed by atoms with Crippen LogP contribution in [0.2, 0.25) is 0 Å². The van der Waals surface area contributed by atoms with Crippen molar-refractivity contribution in [1.29, 1.82) is 0 Å². The second kappa shape index (κ2) is 4.16. The average Bonchev–Trinajstić information content (AvgIpc) is 2.75. The molecule has 0 amide bonds. The molecule has 2 heterocycles. The third-order valence-electron chi connectivity index (χ3n) is 1.89. The predicted octanol–water partition coefficient (Wildman–Crippen LogP) is 2.15. The summed E-state index contributed by atoms with van der Waals surface area (Å²) >= 11 is 3.24. The first-order valence-electron chi connectivity index (χ1n) is 4.30. The monoisotopic (exact) mass is 225 g/mol. The fourth-order valence-electron chi connectivity index (χ4n) is 1.19. The summed E-state index contributed by atoms with van der Waals surface area (Å²) in [6.07, 6.45) is 0.780. The number of hydrogen-bond donors (Lipinski definition) is 1. The van der Waals surface area contributed by atoms with E-state index in [9.17, 15) is 0 Å². The van der Waals surface area contributed by atoms with Crippen molar-refractivity contribution in [2.45, 2.75) is 19.4 Å². The van der Waals surface area contributed by atoms with Crippen molar-refractivity contribution in [3.8, 4) is 0 Å². The third kappa shape index (κ3) is 2.17. The summed E-state index contributed by atoms with van der Waals surface area (Å²) in [4.78, 5) is 8.56. The van der Waals surface area contributed by atoms with Crippen molar-refractivity contribution < 1.29 is 0 Å². The van der Waals surface area contributed by atoms with E-state index < -0.39 is 0 Å². The molecule has 14 heavy (non-hydrogen) atoms. The Bertz CT molecular complexity index is 394. The molecule has 3 nitrogen and oxygen atoms in total. The SMILES string of the molecule is Cc1csc(CC(N)c2cscn2)n1. The van der Waals surface area contributed by atoms with Gasteiger partial charge >= 0.3 is 0 Å². The fourth-order valence-corrected chi connectivity index (χ4v) is 2.64. The van der Waals surface area contributed by atoms with Crippen LogP contribution in [-0.4, -0.2) is 9.97 Å². The first-order chi connectivity index (χ1) is 6.75. The Balaban J connectivity index is 2.05. The van der Waals surface area contributed by atoms with Crippen molar-refractivity contribution in [3.05, 3.63) is 32.7 Å². The Morgan fingerprint density at radius 1 is 1.50 bits per heavy atom. The molecule has 2 aromatic heterocycles. The summed E-state index contributed by atoms with van der Waals surface area (Å²) in [5.74, 6) is 0. The largest absolute Gasteiger partial charge is 0.322 e. The first kappa shape index (κ1) is 9.76. The van der Waals surface area contributed by atoms with Gasteiger partial charge in [0.2, 0.25) is 0 Å². The van der Waals surface area contributed by atoms with Gasteiger partial charge in [-0.2, -0.15) is 0 Å². The molecule has 5 heteroatoms. The molecule has 0 saturated carbocycles. The fraction of sp³-hybridized carbons (Fsp3) is 0.333. The normalized spacial score (nSPS) is 13.0. The van der Waals surface area contributed by atoms with Crippen molar-refractivity contribution in [1.82, 2.24) is 9.97 Å². The second-order valence-electron chi connectivity index (χ2n) is 3.11. The van der Waals surface area contributed by atoms with Crippen LogP contribution in [0.25, 0.3) is 0 Å². The van der Waals surface area contributed by atoms with Gasteiger partial charge in [0, 0.05) is 22.9 Å². The lowest BCUT2D eigenvalue weighted by molar-refractivity contribution is 0.697. The molecule has 0 aliphatic heterocycles. The average molecular weight is 225 g/mol. The molecule has 1 atom stereocenters. The molecule has 2 aromatic rings. The summed E-state index contributed by atoms with van der Waals surface area (Å²) in [6.45, 7) is 1.99. The number of nitrogens with two attached hydrogens (primary N) is 1. The van der Waals surface area contributed by atoms with Crippen LogP contribution in [0.15, 0.2) is 16.3 Å². The van der Waals surface area contributed by atoms with Crippen LogP contribution in [0.1, 0.15) is 22.4 Å². The summed E-state index contributed by atoms with van der Waals surface area (Å²) in [5, 5.41) is 5.12. The molecule has 0 spiro atoms. The van der Waals surface area contributed by atoms with E-state index in [4.69, 9.17) is 5.73 Å². The van der Waals surface area contributed by atoms with Crippen LogP contribution >= 0.6 is 22.7 Å². The highest BCUT2D eigenvalue weighted by Crippen LogP contribution is 2.18. The smallest absolute Gasteiger partial charge is 0.0947 e. The number of thiazole rings is 2. The molecule has 2 N–H and O–H groups in total. The molecule has 0 radical (unpaired) electrons. The molecule has 0 bridgehead atoms. The molecule has 1 unspecified atom stereocenters. The molecule has 0 fully saturated rings. The minimum atomic E-state index is -0.0215. The molecule has 0 aromatic carbocycles. The third-order valence-corrected chi connectivity index (χ3v) is 3.49. The van der Waals surface area contributed by atoms with E-state index in [1.54, 1.807) is 22.7 Å². The molecule has 0 aliphatic carbocycles. The Morgan fingerprint density at radius 2 is 2.36 bits per heavy atom. The van der Waals surface area contributed by atoms with E-state index in [0.717, 1.165) is 22.8 Å². The zero-order chi connectivity index (χ0) is 9.97. The standard InChI is InChI=1S/C9H11N3S2/c1-6-3-14-9(12-6)2-7(10)8-4-13-5-11-8/h3-5,7H,2,10H2,1H3. The lowest BCUT2D eigenvalue weighted by Gasteiger charge is -2.05. The van der Waals surface area contributed by atoms with Crippen LogP contribution in [-0.2, 0) is 6.42 Å². The van der Waals surface area contributed by atoms with Crippen LogP contribution < -0.4 is 5.73 Å². The summed E-state index contributed by atoms with van der Waals surface area (Å²) < 4.78 is 0. The van der Waals surface area contributed by atoms with Crippen LogP contribution in [0.3, 0.4) is 0 Å². The Kier molecular flexibility index (Phi) is 2.90. The van der Waals surface area contributed by atoms with E-state index in [-0.39, 0.29) is 6.04 Å². The van der Waals surface area contributed by atoms with Gasteiger partial charge in [-0.1, -0.05) is 0 Å². The quantitative estimate of drug-likeness (QED) is 0.870. The van der Waals surface area contributed by atoms with E-state index in [0.29, 0.717) is 0 Å². The van der Waals surface area contributed by atoms with Crippen molar-refractivity contribution in [2.75, 3.05) is 0 Å². The number of hydrogen-bond acceptors (Lipinski definition) is 5. The molecular formula is C9H11N3S2. The molecule has 0 aliphatic rings. The Hall–Kier alpha value is -0.780. The van der Waals surface area contributed by atoms with Gasteiger partial charge in [-0.25, -0.2) is 9.97 Å². The summed E-state index contributed by atoms with van der Waals surface area (Å²) in [6, 6.07) is -0.0215. The van der Waals surface area contributed by atoms with Crippen LogP contribution in [0.4, 0.5) is 0 Å². The first-order valence-corrected chi connectivity index (χ1v) is 6.12. The van der Waals surface area contributed by atoms with Gasteiger partial charge in [0.1, 0.15) is 0 Å². The van der Waals surface area contributed by atoms with E-state index in [2.05, 4.69) is 9.97 Å². The lowest BCUT2D eigenvalue weighted by Crippen LogP contribution is -2.13. The maximum Gasteiger partial charge on any atom is 0.0947 e. The minimum Gasteiger partial charge on any atom is -0.322 e. The van der Waals surface area contributed by atoms with Crippen molar-refractivity contribution >= 4 is 22.7 Å². The Labute approximate surface area is 90.6 Å². The second-order valence-corrected chi connectivity index (χ2v) is 4.77. The van der Waals surface area contributed by atoms with E-state index in [1.165, 1.54) is 0 Å². The summed E-state index contributed by atoms with van der Waals surface area (Å²) in [5.41, 5.74) is 9.83. The number of aromatic nitrogens is 2. The molecule has 74 valence electrons. The maximum atomic E-state index is 5.99. The number of nitrogens with zero attached hydrogens (tertiary/aromatic N) is 2. The van der Waals surface area contributed by atoms with E-state index in [1.807, 2.05) is 23.2 Å². The predicted molar refractivity (Wildman–Crippen MR) is 59.6 cm³/mol. The maximum absolute atomic E-state index is 5.99. The van der Waals surface area contributed by atoms with Gasteiger partial charge in [-0.05, 0) is 6.92 Å². The van der Waals surface area contributed by atoms with Crippen molar-refractivity contribution in [2.24, 2.45) is 5.73 Å². The number of aryl methyl sites for hydroxylation is 1. The van der Waals surface area contributed by atoms with E-state index >= 15 is 0 Å². The highest BCUT2D eigenvalue weighted by Gasteiger charge is 2.10. The van der Waals surface area contributed by atoms with Crippen LogP contribution in [0.5, 0.6) is 0 Å². The highest BCUT2D eigenvalue weighted by atomic mass is 32.1. The van der Waals surface area contributed by atoms with Gasteiger partial charge in [0.05, 0.1) is 22.3 Å². The highest BCUT2D eigenvalue weighted by molar-refractivity contribution is 7.09. The number of rotatable bonds is 3. The zero-order valence-corrected chi connectivity index (χ0v) is 9.44. The van der Waals surface area contributed by atoms with Crippen molar-refractivity contribution in [3.63, 3.8) is 0 Å². The Morgan fingerprint density at radius 3 is 2.93 bits per heavy atom. The van der Waals surface area contributed by atoms with Gasteiger partial charge in [-0.15, -0.1) is 22.7 Å². The molecule has 2 rings (SSSR count). The minimum absolute atomic E-state index is 0.0215. The van der Waals surface area contributed by atoms with Gasteiger partial charge in [0.25, 0.3) is 0 Å². The zero-order valence-electron chi connectivity index (χ0n) is 7.80.